The summed E-state index contributed by atoms with van der Waals surface area (Å²) in [5.74, 6) is 0.564. The molecule has 0 fully saturated rings. The molecule has 108 valence electrons. The lowest BCUT2D eigenvalue weighted by atomic mass is 10.2. The van der Waals surface area contributed by atoms with Gasteiger partial charge in [-0.05, 0) is 43.2 Å². The minimum Gasteiger partial charge on any atom is -0.465 e. The fourth-order valence-corrected chi connectivity index (χ4v) is 1.80. The quantitative estimate of drug-likeness (QED) is 0.660. The maximum Gasteiger partial charge on any atom is 0.254 e. The van der Waals surface area contributed by atoms with Crippen LogP contribution in [-0.2, 0) is 11.2 Å². The molecule has 0 spiro atoms. The maximum atomic E-state index is 12.0. The number of aryl methyl sites for hydroxylation is 1. The molecule has 0 aliphatic heterocycles. The second-order valence-corrected chi connectivity index (χ2v) is 4.74. The van der Waals surface area contributed by atoms with E-state index in [0.29, 0.717) is 5.57 Å². The molecule has 2 aromatic carbocycles. The van der Waals surface area contributed by atoms with Crippen molar-refractivity contribution in [2.45, 2.75) is 20.3 Å². The molecule has 2 aromatic rings. The fourth-order valence-electron chi connectivity index (χ4n) is 1.80. The first-order valence-corrected chi connectivity index (χ1v) is 6.98. The molecule has 0 aliphatic rings. The van der Waals surface area contributed by atoms with Gasteiger partial charge in [0.1, 0.15) is 5.75 Å². The molecular weight excluding hydrogens is 262 g/mol. The molecule has 1 N–H and O–H groups in total. The van der Waals surface area contributed by atoms with Crippen molar-refractivity contribution in [2.24, 2.45) is 0 Å². The van der Waals surface area contributed by atoms with Gasteiger partial charge in [0.15, 0.2) is 0 Å². The van der Waals surface area contributed by atoms with Crippen molar-refractivity contribution in [3.05, 3.63) is 72.0 Å². The summed E-state index contributed by atoms with van der Waals surface area (Å²) in [4.78, 5) is 12.0. The number of hydrogen-bond acceptors (Lipinski definition) is 2. The summed E-state index contributed by atoms with van der Waals surface area (Å²) in [5.41, 5.74) is 2.48. The Morgan fingerprint density at radius 3 is 2.62 bits per heavy atom. The zero-order valence-corrected chi connectivity index (χ0v) is 12.3. The van der Waals surface area contributed by atoms with Crippen molar-refractivity contribution in [2.75, 3.05) is 5.32 Å². The van der Waals surface area contributed by atoms with Crippen LogP contribution in [0.5, 0.6) is 5.75 Å². The minimum atomic E-state index is -0.173. The number of ether oxygens (including phenoxy) is 1. The van der Waals surface area contributed by atoms with Crippen LogP contribution in [0.25, 0.3) is 0 Å². The second-order valence-electron chi connectivity index (χ2n) is 4.74. The number of carbonyl (C=O) groups is 1. The molecular formula is C18H19NO2. The van der Waals surface area contributed by atoms with Crippen molar-refractivity contribution in [1.82, 2.24) is 0 Å². The van der Waals surface area contributed by atoms with Crippen LogP contribution in [0.3, 0.4) is 0 Å². The lowest BCUT2D eigenvalue weighted by Crippen LogP contribution is -2.13. The van der Waals surface area contributed by atoms with Gasteiger partial charge in [-0.15, -0.1) is 0 Å². The number of anilines is 1. The van der Waals surface area contributed by atoms with E-state index in [1.807, 2.05) is 54.6 Å². The molecule has 21 heavy (non-hydrogen) atoms. The number of carbonyl (C=O) groups excluding carboxylic acids is 1. The van der Waals surface area contributed by atoms with Crippen LogP contribution in [0.2, 0.25) is 0 Å². The summed E-state index contributed by atoms with van der Waals surface area (Å²) in [5, 5.41) is 2.81. The fraction of sp³-hybridized carbons (Fsp3) is 0.167. The molecule has 0 radical (unpaired) electrons. The largest absolute Gasteiger partial charge is 0.465 e. The standard InChI is InChI=1S/C18H19NO2/c1-3-15-8-7-11-17(12-15)21-13-14(2)18(20)19-16-9-5-4-6-10-16/h4-13H,3H2,1-2H3,(H,19,20)/b14-13+. The van der Waals surface area contributed by atoms with Crippen LogP contribution in [0.1, 0.15) is 19.4 Å². The summed E-state index contributed by atoms with van der Waals surface area (Å²) < 4.78 is 5.55. The van der Waals surface area contributed by atoms with E-state index in [2.05, 4.69) is 12.2 Å². The van der Waals surface area contributed by atoms with Gasteiger partial charge in [-0.3, -0.25) is 4.79 Å². The number of benzene rings is 2. The Balaban J connectivity index is 1.98. The summed E-state index contributed by atoms with van der Waals surface area (Å²) in [6.07, 6.45) is 2.43. The van der Waals surface area contributed by atoms with Gasteiger partial charge in [0.05, 0.1) is 6.26 Å². The average molecular weight is 281 g/mol. The normalized spacial score (nSPS) is 11.0. The van der Waals surface area contributed by atoms with Gasteiger partial charge in [-0.25, -0.2) is 0 Å². The number of hydrogen-bond donors (Lipinski definition) is 1. The van der Waals surface area contributed by atoms with E-state index >= 15 is 0 Å². The minimum absolute atomic E-state index is 0.173. The summed E-state index contributed by atoms with van der Waals surface area (Å²) in [6, 6.07) is 17.2. The number of para-hydroxylation sites is 1. The molecule has 0 saturated carbocycles. The van der Waals surface area contributed by atoms with Crippen LogP contribution >= 0.6 is 0 Å². The Bertz CT molecular complexity index is 633. The summed E-state index contributed by atoms with van der Waals surface area (Å²) in [7, 11) is 0. The first-order valence-electron chi connectivity index (χ1n) is 6.98. The Labute approximate surface area is 125 Å². The second kappa shape index (κ2) is 7.29. The van der Waals surface area contributed by atoms with E-state index in [1.165, 1.54) is 11.8 Å². The predicted molar refractivity (Wildman–Crippen MR) is 85.3 cm³/mol. The SMILES string of the molecule is CCc1cccc(O/C=C(\C)C(=O)Nc2ccccc2)c1. The lowest BCUT2D eigenvalue weighted by molar-refractivity contribution is -0.112. The van der Waals surface area contributed by atoms with Crippen LogP contribution in [0.4, 0.5) is 5.69 Å². The summed E-state index contributed by atoms with van der Waals surface area (Å²) in [6.45, 7) is 3.81. The van der Waals surface area contributed by atoms with Crippen LogP contribution in [0.15, 0.2) is 66.4 Å². The molecule has 0 saturated heterocycles. The topological polar surface area (TPSA) is 38.3 Å². The highest BCUT2D eigenvalue weighted by molar-refractivity contribution is 6.03. The van der Waals surface area contributed by atoms with E-state index in [-0.39, 0.29) is 5.91 Å². The van der Waals surface area contributed by atoms with Crippen molar-refractivity contribution < 1.29 is 9.53 Å². The van der Waals surface area contributed by atoms with E-state index in [1.54, 1.807) is 6.92 Å². The molecule has 0 heterocycles. The average Bonchev–Trinajstić information content (AvgIpc) is 2.53. The van der Waals surface area contributed by atoms with E-state index < -0.39 is 0 Å². The molecule has 0 atom stereocenters. The molecule has 0 unspecified atom stereocenters. The van der Waals surface area contributed by atoms with E-state index in [4.69, 9.17) is 4.74 Å². The van der Waals surface area contributed by atoms with Gasteiger partial charge in [0, 0.05) is 11.3 Å². The number of nitrogens with one attached hydrogen (secondary N) is 1. The first kappa shape index (κ1) is 14.9. The van der Waals surface area contributed by atoms with Gasteiger partial charge in [0.25, 0.3) is 5.91 Å². The lowest BCUT2D eigenvalue weighted by Gasteiger charge is -2.06. The monoisotopic (exact) mass is 281 g/mol. The third-order valence-corrected chi connectivity index (χ3v) is 3.07. The van der Waals surface area contributed by atoms with Gasteiger partial charge < -0.3 is 10.1 Å². The molecule has 0 bridgehead atoms. The highest BCUT2D eigenvalue weighted by atomic mass is 16.5. The van der Waals surface area contributed by atoms with Gasteiger partial charge >= 0.3 is 0 Å². The third-order valence-electron chi connectivity index (χ3n) is 3.07. The number of amides is 1. The molecule has 2 rings (SSSR count). The third kappa shape index (κ3) is 4.49. The Hall–Kier alpha value is -2.55. The maximum absolute atomic E-state index is 12.0. The van der Waals surface area contributed by atoms with Crippen LogP contribution in [-0.4, -0.2) is 5.91 Å². The van der Waals surface area contributed by atoms with Gasteiger partial charge in [-0.2, -0.15) is 0 Å². The predicted octanol–water partition coefficient (Wildman–Crippen LogP) is 4.17. The molecule has 3 nitrogen and oxygen atoms in total. The Kier molecular flexibility index (Phi) is 5.16. The summed E-state index contributed by atoms with van der Waals surface area (Å²) >= 11 is 0. The highest BCUT2D eigenvalue weighted by Gasteiger charge is 2.05. The van der Waals surface area contributed by atoms with Crippen LogP contribution < -0.4 is 10.1 Å². The smallest absolute Gasteiger partial charge is 0.254 e. The Morgan fingerprint density at radius 1 is 1.14 bits per heavy atom. The van der Waals surface area contributed by atoms with Gasteiger partial charge in [0.2, 0.25) is 0 Å². The highest BCUT2D eigenvalue weighted by Crippen LogP contribution is 2.15. The van der Waals surface area contributed by atoms with Crippen LogP contribution in [0, 0.1) is 0 Å². The van der Waals surface area contributed by atoms with E-state index in [9.17, 15) is 4.79 Å². The zero-order valence-electron chi connectivity index (χ0n) is 12.3. The zero-order chi connectivity index (χ0) is 15.1. The molecule has 3 heteroatoms. The van der Waals surface area contributed by atoms with Crippen molar-refractivity contribution in [3.8, 4) is 5.75 Å². The van der Waals surface area contributed by atoms with Crippen molar-refractivity contribution in [3.63, 3.8) is 0 Å². The molecule has 1 amide bonds. The van der Waals surface area contributed by atoms with Crippen molar-refractivity contribution in [1.29, 1.82) is 0 Å². The Morgan fingerprint density at radius 2 is 1.90 bits per heavy atom. The molecule has 0 aromatic heterocycles. The number of rotatable bonds is 5. The first-order chi connectivity index (χ1) is 10.2. The van der Waals surface area contributed by atoms with Crippen molar-refractivity contribution >= 4 is 11.6 Å². The molecule has 0 aliphatic carbocycles. The van der Waals surface area contributed by atoms with Gasteiger partial charge in [-0.1, -0.05) is 37.3 Å². The van der Waals surface area contributed by atoms with E-state index in [0.717, 1.165) is 17.9 Å².